The lowest BCUT2D eigenvalue weighted by molar-refractivity contribution is -0.133. The number of ether oxygens (including phenoxy) is 3. The fourth-order valence-electron chi connectivity index (χ4n) is 3.92. The van der Waals surface area contributed by atoms with Gasteiger partial charge in [-0.1, -0.05) is 30.3 Å². The quantitative estimate of drug-likeness (QED) is 0.508. The molecule has 0 bridgehead atoms. The van der Waals surface area contributed by atoms with Crippen LogP contribution in [0.5, 0.6) is 5.75 Å². The summed E-state index contributed by atoms with van der Waals surface area (Å²) < 4.78 is 17.8. The number of benzene rings is 2. The highest BCUT2D eigenvalue weighted by molar-refractivity contribution is 7.07. The normalized spacial score (nSPS) is 16.7. The van der Waals surface area contributed by atoms with Gasteiger partial charge in [0.1, 0.15) is 17.0 Å². The van der Waals surface area contributed by atoms with E-state index in [0.29, 0.717) is 28.1 Å². The summed E-state index contributed by atoms with van der Waals surface area (Å²) >= 11 is 1.12. The maximum atomic E-state index is 13.3. The van der Waals surface area contributed by atoms with Crippen molar-refractivity contribution in [2.45, 2.75) is 25.5 Å². The Bertz CT molecular complexity index is 1380. The third-order valence-corrected chi connectivity index (χ3v) is 6.72. The van der Waals surface area contributed by atoms with E-state index in [2.05, 4.69) is 5.32 Å². The molecule has 2 heterocycles. The molecule has 1 fully saturated rings. The Kier molecular flexibility index (Phi) is 7.44. The number of amides is 1. The molecule has 4 rings (SSSR count). The summed E-state index contributed by atoms with van der Waals surface area (Å²) in [7, 11) is 2.83. The predicted molar refractivity (Wildman–Crippen MR) is 130 cm³/mol. The summed E-state index contributed by atoms with van der Waals surface area (Å²) in [4.78, 5) is 37.8. The van der Waals surface area contributed by atoms with Crippen LogP contribution < -0.4 is 24.8 Å². The Balaban J connectivity index is 1.76. The number of hydrogen-bond acceptors (Lipinski definition) is 7. The molecular weight excluding hydrogens is 456 g/mol. The van der Waals surface area contributed by atoms with E-state index in [4.69, 9.17) is 14.2 Å². The number of thiazole rings is 1. The van der Waals surface area contributed by atoms with Crippen LogP contribution in [0.15, 0.2) is 41.2 Å². The van der Waals surface area contributed by atoms with Gasteiger partial charge in [-0.2, -0.15) is 0 Å². The van der Waals surface area contributed by atoms with Crippen LogP contribution in [0.3, 0.4) is 0 Å². The minimum absolute atomic E-state index is 0.00744. The Morgan fingerprint density at radius 3 is 2.79 bits per heavy atom. The highest BCUT2D eigenvalue weighted by atomic mass is 32.1. The summed E-state index contributed by atoms with van der Waals surface area (Å²) in [5.41, 5.74) is 0.376. The third kappa shape index (κ3) is 5.21. The molecule has 178 valence electrons. The molecule has 1 aliphatic heterocycles. The van der Waals surface area contributed by atoms with Gasteiger partial charge >= 0.3 is 5.97 Å². The number of hydrogen-bond donors (Lipinski definition) is 1. The van der Waals surface area contributed by atoms with Gasteiger partial charge in [-0.25, -0.2) is 4.79 Å². The van der Waals surface area contributed by atoms with Gasteiger partial charge in [0.2, 0.25) is 5.91 Å². The van der Waals surface area contributed by atoms with Crippen molar-refractivity contribution in [3.63, 3.8) is 0 Å². The number of rotatable bonds is 7. The van der Waals surface area contributed by atoms with Crippen molar-refractivity contribution in [3.05, 3.63) is 61.5 Å². The van der Waals surface area contributed by atoms with Crippen LogP contribution in [0.2, 0.25) is 0 Å². The monoisotopic (exact) mass is 482 g/mol. The lowest BCUT2D eigenvalue weighted by atomic mass is 10.0. The van der Waals surface area contributed by atoms with Crippen LogP contribution in [-0.2, 0) is 25.6 Å². The zero-order valence-electron chi connectivity index (χ0n) is 19.0. The van der Waals surface area contributed by atoms with Crippen molar-refractivity contribution in [2.24, 2.45) is 0 Å². The Hall–Kier alpha value is -3.43. The highest BCUT2D eigenvalue weighted by Crippen LogP contribution is 2.28. The maximum absolute atomic E-state index is 13.3. The summed E-state index contributed by atoms with van der Waals surface area (Å²) in [6.07, 6.45) is 4.82. The molecule has 0 saturated carbocycles. The molecule has 1 atom stereocenters. The zero-order valence-corrected chi connectivity index (χ0v) is 19.9. The van der Waals surface area contributed by atoms with Gasteiger partial charge in [0.15, 0.2) is 0 Å². The predicted octanol–water partition coefficient (Wildman–Crippen LogP) is 1.15. The number of fused-ring (bicyclic) bond motifs is 1. The number of nitrogens with one attached hydrogen (secondary N) is 1. The van der Waals surface area contributed by atoms with Crippen LogP contribution in [0.25, 0.3) is 22.9 Å². The molecule has 0 spiro atoms. The van der Waals surface area contributed by atoms with Crippen molar-refractivity contribution >= 4 is 46.1 Å². The number of carbonyl (C=O) groups excluding carboxylic acids is 2. The Morgan fingerprint density at radius 2 is 2.06 bits per heavy atom. The molecule has 1 aliphatic rings. The molecule has 2 aromatic carbocycles. The van der Waals surface area contributed by atoms with E-state index >= 15 is 0 Å². The first-order valence-electron chi connectivity index (χ1n) is 10.9. The van der Waals surface area contributed by atoms with Gasteiger partial charge in [0.25, 0.3) is 5.56 Å². The lowest BCUT2D eigenvalue weighted by Crippen LogP contribution is -2.40. The minimum atomic E-state index is -0.607. The second kappa shape index (κ2) is 10.7. The smallest absolute Gasteiger partial charge is 0.333 e. The molecule has 1 saturated heterocycles. The van der Waals surface area contributed by atoms with Crippen molar-refractivity contribution in [1.29, 1.82) is 0 Å². The summed E-state index contributed by atoms with van der Waals surface area (Å²) in [5, 5.41) is 4.74. The van der Waals surface area contributed by atoms with Gasteiger partial charge in [-0.3, -0.25) is 14.2 Å². The topological polar surface area (TPSA) is 95.9 Å². The van der Waals surface area contributed by atoms with E-state index in [-0.39, 0.29) is 24.1 Å². The fourth-order valence-corrected chi connectivity index (χ4v) is 4.93. The Labute approximate surface area is 200 Å². The number of nitrogens with zero attached hydrogens (tertiary/aromatic N) is 1. The molecule has 1 unspecified atom stereocenters. The molecule has 0 aliphatic carbocycles. The number of methoxy groups -OCH3 is 2. The van der Waals surface area contributed by atoms with E-state index in [1.54, 1.807) is 13.2 Å². The van der Waals surface area contributed by atoms with E-state index < -0.39 is 5.97 Å². The molecule has 0 radical (unpaired) electrons. The van der Waals surface area contributed by atoms with Gasteiger partial charge in [0, 0.05) is 18.7 Å². The molecule has 1 N–H and O–H groups in total. The van der Waals surface area contributed by atoms with Crippen molar-refractivity contribution in [1.82, 2.24) is 9.88 Å². The number of carbonyl (C=O) groups is 2. The second-order valence-electron chi connectivity index (χ2n) is 7.85. The van der Waals surface area contributed by atoms with Crippen molar-refractivity contribution in [3.8, 4) is 5.75 Å². The van der Waals surface area contributed by atoms with Gasteiger partial charge in [-0.15, -0.1) is 11.3 Å². The average Bonchev–Trinajstić information content (AvgIpc) is 3.47. The first-order chi connectivity index (χ1) is 16.5. The van der Waals surface area contributed by atoms with E-state index in [1.165, 1.54) is 17.8 Å². The summed E-state index contributed by atoms with van der Waals surface area (Å²) in [6.45, 7) is 0.866. The van der Waals surface area contributed by atoms with Crippen LogP contribution in [-0.4, -0.2) is 49.9 Å². The number of esters is 1. The largest absolute Gasteiger partial charge is 0.496 e. The van der Waals surface area contributed by atoms with Crippen LogP contribution >= 0.6 is 11.3 Å². The van der Waals surface area contributed by atoms with Crippen LogP contribution in [0.1, 0.15) is 18.4 Å². The number of aromatic nitrogens is 1. The maximum Gasteiger partial charge on any atom is 0.333 e. The summed E-state index contributed by atoms with van der Waals surface area (Å²) in [6, 6.07) is 11.6. The molecule has 3 aromatic rings. The zero-order chi connectivity index (χ0) is 24.1. The van der Waals surface area contributed by atoms with E-state index in [0.717, 1.165) is 40.5 Å². The third-order valence-electron chi connectivity index (χ3n) is 5.66. The highest BCUT2D eigenvalue weighted by Gasteiger charge is 2.17. The first kappa shape index (κ1) is 23.7. The Morgan fingerprint density at radius 1 is 1.24 bits per heavy atom. The molecule has 1 aromatic heterocycles. The molecule has 8 nitrogen and oxygen atoms in total. The molecule has 1 amide bonds. The first-order valence-corrected chi connectivity index (χ1v) is 11.8. The van der Waals surface area contributed by atoms with E-state index in [9.17, 15) is 14.4 Å². The molecule has 9 heteroatoms. The fraction of sp³-hybridized carbons (Fsp3) is 0.320. The lowest BCUT2D eigenvalue weighted by Gasteiger charge is -2.10. The van der Waals surface area contributed by atoms with Crippen molar-refractivity contribution in [2.75, 3.05) is 27.4 Å². The minimum Gasteiger partial charge on any atom is -0.496 e. The average molecular weight is 483 g/mol. The van der Waals surface area contributed by atoms with E-state index in [1.807, 2.05) is 36.4 Å². The van der Waals surface area contributed by atoms with Crippen LogP contribution in [0.4, 0.5) is 0 Å². The summed E-state index contributed by atoms with van der Waals surface area (Å²) in [5.74, 6) is -0.320. The van der Waals surface area contributed by atoms with Gasteiger partial charge < -0.3 is 19.5 Å². The van der Waals surface area contributed by atoms with Crippen molar-refractivity contribution < 1.29 is 23.8 Å². The standard InChI is InChI=1S/C25H26N2O6S/c1-31-20-10-9-16-6-3-4-8-18(16)19(20)12-21-25(30)27(23(34-21)13-24(29)32-2)15-22(28)26-14-17-7-5-11-33-17/h3-4,6,8-10,12-13,17H,5,7,11,14-15H2,1-2H3,(H,26,28)/b21-12-,23-13-. The SMILES string of the molecule is COC(=O)/C=c1\s/c(=C\c2c(OC)ccc3ccccc23)c(=O)n1CC(=O)NCC1CCCO1. The van der Waals surface area contributed by atoms with Gasteiger partial charge in [0.05, 0.1) is 30.9 Å². The molecule has 34 heavy (non-hydrogen) atoms. The molecular formula is C25H26N2O6S. The van der Waals surface area contributed by atoms with Gasteiger partial charge in [-0.05, 0) is 35.8 Å². The van der Waals surface area contributed by atoms with Crippen LogP contribution in [0, 0.1) is 0 Å². The second-order valence-corrected chi connectivity index (χ2v) is 8.91.